The third kappa shape index (κ3) is 4.90. The molecule has 0 fully saturated rings. The molecule has 1 aromatic rings. The Bertz CT molecular complexity index is 465. The predicted octanol–water partition coefficient (Wildman–Crippen LogP) is 1.90. The summed E-state index contributed by atoms with van der Waals surface area (Å²) in [4.78, 5) is 17.7. The summed E-state index contributed by atoms with van der Waals surface area (Å²) in [6.45, 7) is 2.28. The minimum atomic E-state index is -4.63. The SMILES string of the molecule is CCNc1cc(NCCC(=O)OC)nc(C(F)(F)F)n1. The van der Waals surface area contributed by atoms with Gasteiger partial charge in [0, 0.05) is 19.2 Å². The lowest BCUT2D eigenvalue weighted by atomic mass is 10.4. The van der Waals surface area contributed by atoms with E-state index in [1.54, 1.807) is 6.92 Å². The number of esters is 1. The van der Waals surface area contributed by atoms with Gasteiger partial charge >= 0.3 is 12.1 Å². The number of methoxy groups -OCH3 is 1. The molecule has 0 unspecified atom stereocenters. The monoisotopic (exact) mass is 292 g/mol. The van der Waals surface area contributed by atoms with Gasteiger partial charge < -0.3 is 15.4 Å². The molecule has 20 heavy (non-hydrogen) atoms. The van der Waals surface area contributed by atoms with Crippen LogP contribution in [0.15, 0.2) is 6.07 Å². The summed E-state index contributed by atoms with van der Waals surface area (Å²) in [6, 6.07) is 1.34. The van der Waals surface area contributed by atoms with Crippen molar-refractivity contribution in [3.63, 3.8) is 0 Å². The highest BCUT2D eigenvalue weighted by Crippen LogP contribution is 2.28. The number of hydrogen-bond acceptors (Lipinski definition) is 6. The zero-order valence-electron chi connectivity index (χ0n) is 11.0. The van der Waals surface area contributed by atoms with Gasteiger partial charge in [0.25, 0.3) is 0 Å². The van der Waals surface area contributed by atoms with Gasteiger partial charge in [-0.1, -0.05) is 0 Å². The van der Waals surface area contributed by atoms with E-state index in [9.17, 15) is 18.0 Å². The molecule has 0 saturated carbocycles. The number of carbonyl (C=O) groups is 1. The predicted molar refractivity (Wildman–Crippen MR) is 66.3 cm³/mol. The Hall–Kier alpha value is -2.06. The number of hydrogen-bond donors (Lipinski definition) is 2. The van der Waals surface area contributed by atoms with Crippen molar-refractivity contribution in [2.24, 2.45) is 0 Å². The van der Waals surface area contributed by atoms with Gasteiger partial charge in [-0.15, -0.1) is 0 Å². The molecule has 0 aliphatic rings. The first-order chi connectivity index (χ1) is 9.36. The number of alkyl halides is 3. The van der Waals surface area contributed by atoms with E-state index >= 15 is 0 Å². The second-order valence-corrected chi connectivity index (χ2v) is 3.74. The zero-order valence-corrected chi connectivity index (χ0v) is 11.0. The minimum absolute atomic E-state index is 0.00724. The normalized spacial score (nSPS) is 11.1. The van der Waals surface area contributed by atoms with Gasteiger partial charge in [0.1, 0.15) is 11.6 Å². The van der Waals surface area contributed by atoms with E-state index in [1.807, 2.05) is 0 Å². The first kappa shape index (κ1) is 16.0. The van der Waals surface area contributed by atoms with Crippen LogP contribution in [0.4, 0.5) is 24.8 Å². The molecule has 0 bridgehead atoms. The maximum atomic E-state index is 12.6. The first-order valence-corrected chi connectivity index (χ1v) is 5.87. The number of halogens is 3. The summed E-state index contributed by atoms with van der Waals surface area (Å²) < 4.78 is 42.3. The quantitative estimate of drug-likeness (QED) is 0.780. The van der Waals surface area contributed by atoms with Crippen LogP contribution < -0.4 is 10.6 Å². The van der Waals surface area contributed by atoms with Crippen LogP contribution in [0.3, 0.4) is 0 Å². The van der Waals surface area contributed by atoms with E-state index in [-0.39, 0.29) is 24.6 Å². The zero-order chi connectivity index (χ0) is 15.2. The third-order valence-corrected chi connectivity index (χ3v) is 2.20. The number of rotatable bonds is 6. The molecule has 0 aliphatic carbocycles. The van der Waals surface area contributed by atoms with Crippen LogP contribution in [0.1, 0.15) is 19.2 Å². The topological polar surface area (TPSA) is 76.1 Å². The molecule has 112 valence electrons. The average Bonchev–Trinajstić information content (AvgIpc) is 2.37. The van der Waals surface area contributed by atoms with Crippen molar-refractivity contribution in [1.82, 2.24) is 9.97 Å². The molecular formula is C11H15F3N4O2. The molecule has 0 amide bonds. The second kappa shape index (κ2) is 6.92. The molecule has 6 nitrogen and oxygen atoms in total. The smallest absolute Gasteiger partial charge is 0.451 e. The molecule has 0 aliphatic heterocycles. The van der Waals surface area contributed by atoms with Crippen molar-refractivity contribution < 1.29 is 22.7 Å². The van der Waals surface area contributed by atoms with Crippen LogP contribution in [0, 0.1) is 0 Å². The van der Waals surface area contributed by atoms with Gasteiger partial charge in [0.2, 0.25) is 5.82 Å². The molecule has 2 N–H and O–H groups in total. The summed E-state index contributed by atoms with van der Waals surface area (Å²) in [5.74, 6) is -1.64. The Labute approximate surface area is 113 Å². The second-order valence-electron chi connectivity index (χ2n) is 3.74. The minimum Gasteiger partial charge on any atom is -0.469 e. The Morgan fingerprint density at radius 1 is 1.30 bits per heavy atom. The summed E-state index contributed by atoms with van der Waals surface area (Å²) in [5.41, 5.74) is 0. The lowest BCUT2D eigenvalue weighted by molar-refractivity contribution is -0.145. The molecule has 0 radical (unpaired) electrons. The molecule has 1 aromatic heterocycles. The lowest BCUT2D eigenvalue weighted by Crippen LogP contribution is -2.16. The van der Waals surface area contributed by atoms with E-state index in [0.29, 0.717) is 6.54 Å². The molecule has 0 saturated heterocycles. The molecule has 0 spiro atoms. The molecule has 9 heteroatoms. The maximum Gasteiger partial charge on any atom is 0.451 e. The molecule has 1 heterocycles. The van der Waals surface area contributed by atoms with Crippen LogP contribution in [0.5, 0.6) is 0 Å². The van der Waals surface area contributed by atoms with Gasteiger partial charge in [0.15, 0.2) is 0 Å². The fourth-order valence-electron chi connectivity index (χ4n) is 1.33. The van der Waals surface area contributed by atoms with Crippen molar-refractivity contribution in [3.05, 3.63) is 11.9 Å². The van der Waals surface area contributed by atoms with E-state index in [2.05, 4.69) is 25.3 Å². The van der Waals surface area contributed by atoms with E-state index in [0.717, 1.165) is 0 Å². The van der Waals surface area contributed by atoms with Crippen LogP contribution in [-0.2, 0) is 15.7 Å². The van der Waals surface area contributed by atoms with Gasteiger partial charge in [-0.3, -0.25) is 4.79 Å². The van der Waals surface area contributed by atoms with Crippen LogP contribution in [0.2, 0.25) is 0 Å². The van der Waals surface area contributed by atoms with Gasteiger partial charge in [-0.25, -0.2) is 9.97 Å². The van der Waals surface area contributed by atoms with Crippen LogP contribution in [-0.4, -0.2) is 36.1 Å². The lowest BCUT2D eigenvalue weighted by Gasteiger charge is -2.11. The number of carbonyl (C=O) groups excluding carboxylic acids is 1. The van der Waals surface area contributed by atoms with Crippen molar-refractivity contribution in [2.75, 3.05) is 30.8 Å². The van der Waals surface area contributed by atoms with Crippen molar-refractivity contribution in [1.29, 1.82) is 0 Å². The molecule has 0 aromatic carbocycles. The Morgan fingerprint density at radius 2 is 1.90 bits per heavy atom. The van der Waals surface area contributed by atoms with Gasteiger partial charge in [-0.05, 0) is 6.92 Å². The van der Waals surface area contributed by atoms with Crippen LogP contribution in [0.25, 0.3) is 0 Å². The molecule has 1 rings (SSSR count). The first-order valence-electron chi connectivity index (χ1n) is 5.87. The van der Waals surface area contributed by atoms with Crippen LogP contribution >= 0.6 is 0 Å². The largest absolute Gasteiger partial charge is 0.469 e. The fourth-order valence-corrected chi connectivity index (χ4v) is 1.33. The van der Waals surface area contributed by atoms with Crippen molar-refractivity contribution in [3.8, 4) is 0 Å². The number of ether oxygens (including phenoxy) is 1. The molecule has 0 atom stereocenters. The highest BCUT2D eigenvalue weighted by molar-refractivity contribution is 5.69. The number of nitrogens with one attached hydrogen (secondary N) is 2. The highest BCUT2D eigenvalue weighted by atomic mass is 19.4. The summed E-state index contributed by atoms with van der Waals surface area (Å²) in [7, 11) is 1.23. The Morgan fingerprint density at radius 3 is 2.40 bits per heavy atom. The summed E-state index contributed by atoms with van der Waals surface area (Å²) >= 11 is 0. The Balaban J connectivity index is 2.83. The standard InChI is InChI=1S/C11H15F3N4O2/c1-3-15-7-6-8(16-5-4-9(19)20-2)18-10(17-7)11(12,13)14/h6H,3-5H2,1-2H3,(H2,15,16,17,18). The van der Waals surface area contributed by atoms with E-state index in [1.165, 1.54) is 13.2 Å². The third-order valence-electron chi connectivity index (χ3n) is 2.20. The maximum absolute atomic E-state index is 12.6. The highest BCUT2D eigenvalue weighted by Gasteiger charge is 2.35. The van der Waals surface area contributed by atoms with Crippen molar-refractivity contribution >= 4 is 17.6 Å². The summed E-state index contributed by atoms with van der Waals surface area (Å²) in [5, 5.41) is 5.32. The number of anilines is 2. The number of nitrogens with zero attached hydrogens (tertiary/aromatic N) is 2. The van der Waals surface area contributed by atoms with Gasteiger partial charge in [-0.2, -0.15) is 13.2 Å². The molecular weight excluding hydrogens is 277 g/mol. The van der Waals surface area contributed by atoms with Gasteiger partial charge in [0.05, 0.1) is 13.5 Å². The fraction of sp³-hybridized carbons (Fsp3) is 0.545. The Kier molecular flexibility index (Phi) is 5.53. The number of aromatic nitrogens is 2. The average molecular weight is 292 g/mol. The van der Waals surface area contributed by atoms with Crippen molar-refractivity contribution in [2.45, 2.75) is 19.5 Å². The van der Waals surface area contributed by atoms with E-state index in [4.69, 9.17) is 0 Å². The van der Waals surface area contributed by atoms with E-state index < -0.39 is 18.0 Å². The summed E-state index contributed by atoms with van der Waals surface area (Å²) in [6.07, 6.45) is -4.61.